The molecule has 1 N–H and O–H groups in total. The summed E-state index contributed by atoms with van der Waals surface area (Å²) in [5.74, 6) is -2.16. The van der Waals surface area contributed by atoms with E-state index in [4.69, 9.17) is 4.74 Å². The zero-order valence-corrected chi connectivity index (χ0v) is 18.8. The highest BCUT2D eigenvalue weighted by atomic mass is 19.3. The second-order valence-electron chi connectivity index (χ2n) is 8.62. The highest BCUT2D eigenvalue weighted by molar-refractivity contribution is 5.84. The maximum Gasteiger partial charge on any atom is 0.267 e. The van der Waals surface area contributed by atoms with Gasteiger partial charge in [-0.1, -0.05) is 6.07 Å². The van der Waals surface area contributed by atoms with E-state index < -0.39 is 12.0 Å². The van der Waals surface area contributed by atoms with Gasteiger partial charge in [-0.3, -0.25) is 4.40 Å². The molecule has 1 unspecified atom stereocenters. The molecule has 5 aromatic rings. The van der Waals surface area contributed by atoms with Gasteiger partial charge in [-0.2, -0.15) is 5.10 Å². The second-order valence-corrected chi connectivity index (χ2v) is 8.62. The number of imidazole rings is 1. The smallest absolute Gasteiger partial charge is 0.267 e. The van der Waals surface area contributed by atoms with Gasteiger partial charge in [0.25, 0.3) is 5.92 Å². The van der Waals surface area contributed by atoms with E-state index in [9.17, 15) is 13.2 Å². The van der Waals surface area contributed by atoms with Crippen molar-refractivity contribution in [3.05, 3.63) is 67.0 Å². The number of halogens is 3. The Bertz CT molecular complexity index is 1560. The van der Waals surface area contributed by atoms with Crippen LogP contribution in [0.1, 0.15) is 19.3 Å². The van der Waals surface area contributed by atoms with E-state index in [0.29, 0.717) is 47.0 Å². The van der Waals surface area contributed by atoms with Gasteiger partial charge in [0, 0.05) is 29.8 Å². The van der Waals surface area contributed by atoms with E-state index in [1.54, 1.807) is 43.8 Å². The van der Waals surface area contributed by atoms with Crippen molar-refractivity contribution in [3.63, 3.8) is 0 Å². The Kier molecular flexibility index (Phi) is 4.91. The zero-order chi connectivity index (χ0) is 24.2. The summed E-state index contributed by atoms with van der Waals surface area (Å²) in [6, 6.07) is 9.19. The van der Waals surface area contributed by atoms with Crippen molar-refractivity contribution in [2.75, 3.05) is 12.4 Å². The minimum absolute atomic E-state index is 0.113. The van der Waals surface area contributed by atoms with Gasteiger partial charge < -0.3 is 10.1 Å². The van der Waals surface area contributed by atoms with Crippen LogP contribution in [0.25, 0.3) is 33.7 Å². The molecule has 7 nitrogen and oxygen atoms in total. The molecule has 0 aliphatic heterocycles. The Morgan fingerprint density at radius 2 is 2.00 bits per heavy atom. The predicted molar refractivity (Wildman–Crippen MR) is 125 cm³/mol. The lowest BCUT2D eigenvalue weighted by Crippen LogP contribution is -2.34. The number of nitrogens with zero attached hydrogens (tertiary/aromatic N) is 5. The summed E-state index contributed by atoms with van der Waals surface area (Å²) in [6.07, 6.45) is 7.28. The largest absolute Gasteiger partial charge is 0.496 e. The lowest BCUT2D eigenvalue weighted by atomic mass is 10.1. The highest BCUT2D eigenvalue weighted by Crippen LogP contribution is 2.38. The fraction of sp³-hybridized carbons (Fsp3) is 0.240. The molecule has 6 rings (SSSR count). The van der Waals surface area contributed by atoms with Crippen molar-refractivity contribution in [3.8, 4) is 28.3 Å². The van der Waals surface area contributed by atoms with Crippen LogP contribution in [0.2, 0.25) is 0 Å². The molecule has 10 heteroatoms. The zero-order valence-electron chi connectivity index (χ0n) is 18.8. The van der Waals surface area contributed by atoms with Crippen molar-refractivity contribution < 1.29 is 17.9 Å². The van der Waals surface area contributed by atoms with Gasteiger partial charge in [0.2, 0.25) is 0 Å². The van der Waals surface area contributed by atoms with Crippen LogP contribution in [0.3, 0.4) is 0 Å². The summed E-state index contributed by atoms with van der Waals surface area (Å²) in [4.78, 5) is 9.08. The maximum absolute atomic E-state index is 14.1. The first-order valence-electron chi connectivity index (χ1n) is 11.2. The number of nitrogens with one attached hydrogen (secondary N) is 1. The first-order valence-corrected chi connectivity index (χ1v) is 11.2. The molecule has 0 radical (unpaired) electrons. The Labute approximate surface area is 198 Å². The first kappa shape index (κ1) is 21.5. The number of hydrogen-bond acceptors (Lipinski definition) is 5. The van der Waals surface area contributed by atoms with Gasteiger partial charge in [-0.15, -0.1) is 0 Å². The Morgan fingerprint density at radius 3 is 2.80 bits per heavy atom. The van der Waals surface area contributed by atoms with E-state index in [1.165, 1.54) is 16.8 Å². The monoisotopic (exact) mass is 478 g/mol. The number of ether oxygens (including phenoxy) is 1. The van der Waals surface area contributed by atoms with Crippen molar-refractivity contribution in [2.45, 2.75) is 31.2 Å². The van der Waals surface area contributed by atoms with E-state index in [-0.39, 0.29) is 12.2 Å². The number of aromatic nitrogens is 5. The van der Waals surface area contributed by atoms with Crippen molar-refractivity contribution in [1.82, 2.24) is 24.0 Å². The average molecular weight is 478 g/mol. The average Bonchev–Trinajstić information content (AvgIpc) is 3.54. The summed E-state index contributed by atoms with van der Waals surface area (Å²) in [5.41, 5.74) is 4.12. The number of alkyl halides is 2. The predicted octanol–water partition coefficient (Wildman–Crippen LogP) is 5.46. The minimum atomic E-state index is -2.75. The molecule has 0 amide bonds. The van der Waals surface area contributed by atoms with E-state index in [1.807, 2.05) is 16.7 Å². The van der Waals surface area contributed by atoms with Gasteiger partial charge in [0.05, 0.1) is 48.6 Å². The lowest BCUT2D eigenvalue weighted by molar-refractivity contribution is -0.000686. The second kappa shape index (κ2) is 8.00. The molecular formula is C25H21F3N6O. The highest BCUT2D eigenvalue weighted by Gasteiger charge is 2.43. The van der Waals surface area contributed by atoms with Crippen LogP contribution in [-0.2, 0) is 0 Å². The first-order chi connectivity index (χ1) is 16.9. The summed E-state index contributed by atoms with van der Waals surface area (Å²) in [6.45, 7) is 0. The van der Waals surface area contributed by atoms with Gasteiger partial charge in [0.1, 0.15) is 23.0 Å². The third-order valence-corrected chi connectivity index (χ3v) is 6.45. The fourth-order valence-electron chi connectivity index (χ4n) is 4.67. The third-order valence-electron chi connectivity index (χ3n) is 6.45. The number of hydrogen-bond donors (Lipinski definition) is 1. The van der Waals surface area contributed by atoms with Crippen LogP contribution in [0.5, 0.6) is 5.75 Å². The SMILES string of the molecule is COc1cc2ncc(-c3cccc(NC4CCCC4(F)F)n3)n2cc1-c1cnn2cc(F)ccc12. The molecule has 178 valence electrons. The summed E-state index contributed by atoms with van der Waals surface area (Å²) < 4.78 is 50.8. The number of pyridine rings is 3. The Morgan fingerprint density at radius 1 is 1.11 bits per heavy atom. The molecule has 1 saturated carbocycles. The van der Waals surface area contributed by atoms with Crippen LogP contribution >= 0.6 is 0 Å². The van der Waals surface area contributed by atoms with Crippen molar-refractivity contribution in [2.24, 2.45) is 0 Å². The maximum atomic E-state index is 14.1. The Hall–Kier alpha value is -4.08. The number of rotatable bonds is 5. The third kappa shape index (κ3) is 3.65. The quantitative estimate of drug-likeness (QED) is 0.363. The number of anilines is 1. The molecule has 1 fully saturated rings. The van der Waals surface area contributed by atoms with Crippen LogP contribution in [0.4, 0.5) is 19.0 Å². The molecule has 0 saturated heterocycles. The molecule has 0 bridgehead atoms. The van der Waals surface area contributed by atoms with E-state index >= 15 is 0 Å². The fourth-order valence-corrected chi connectivity index (χ4v) is 4.67. The van der Waals surface area contributed by atoms with Crippen molar-refractivity contribution >= 4 is 17.0 Å². The van der Waals surface area contributed by atoms with Crippen LogP contribution in [-0.4, -0.2) is 43.1 Å². The standard InChI is InChI=1S/C25H21F3N6O/c1-35-21-10-24-29-12-20(18-4-2-6-23(31-18)32-22-5-3-9-25(22,27)28)33(24)14-17(21)16-11-30-34-13-15(26)7-8-19(16)34/h2,4,6-8,10-14,22H,3,5,9H2,1H3,(H,31,32). The molecular weight excluding hydrogens is 457 g/mol. The lowest BCUT2D eigenvalue weighted by Gasteiger charge is -2.21. The number of fused-ring (bicyclic) bond motifs is 2. The van der Waals surface area contributed by atoms with Gasteiger partial charge in [0.15, 0.2) is 0 Å². The van der Waals surface area contributed by atoms with E-state index in [0.717, 1.165) is 11.1 Å². The van der Waals surface area contributed by atoms with Crippen LogP contribution in [0, 0.1) is 5.82 Å². The van der Waals surface area contributed by atoms with Crippen LogP contribution in [0.15, 0.2) is 61.2 Å². The van der Waals surface area contributed by atoms with Gasteiger partial charge >= 0.3 is 0 Å². The summed E-state index contributed by atoms with van der Waals surface area (Å²) >= 11 is 0. The molecule has 1 atom stereocenters. The molecule has 1 aliphatic carbocycles. The van der Waals surface area contributed by atoms with Gasteiger partial charge in [-0.05, 0) is 37.1 Å². The molecule has 5 aromatic heterocycles. The van der Waals surface area contributed by atoms with Crippen LogP contribution < -0.4 is 10.1 Å². The Balaban J connectivity index is 1.43. The molecule has 1 aliphatic rings. The topological polar surface area (TPSA) is 68.8 Å². The summed E-state index contributed by atoms with van der Waals surface area (Å²) in [7, 11) is 1.57. The molecule has 0 spiro atoms. The van der Waals surface area contributed by atoms with Crippen molar-refractivity contribution in [1.29, 1.82) is 0 Å². The van der Waals surface area contributed by atoms with Gasteiger partial charge in [-0.25, -0.2) is 27.7 Å². The molecule has 5 heterocycles. The van der Waals surface area contributed by atoms with E-state index in [2.05, 4.69) is 20.4 Å². The normalized spacial score (nSPS) is 17.3. The molecule has 0 aromatic carbocycles. The minimum Gasteiger partial charge on any atom is -0.496 e. The summed E-state index contributed by atoms with van der Waals surface area (Å²) in [5, 5.41) is 7.17. The molecule has 35 heavy (non-hydrogen) atoms. The number of methoxy groups -OCH3 is 1.